The van der Waals surface area contributed by atoms with Gasteiger partial charge in [0.25, 0.3) is 0 Å². The maximum absolute atomic E-state index is 13.5. The standard InChI is InChI=1S/C16H16FNO2/c1-2-11-3-6-13(7-4-11)18-10-12-5-8-14(16(19)20)15(17)9-12/h3-9,18H,2,10H2,1H3,(H,19,20). The molecule has 0 unspecified atom stereocenters. The monoisotopic (exact) mass is 273 g/mol. The third kappa shape index (κ3) is 3.35. The maximum Gasteiger partial charge on any atom is 0.338 e. The SMILES string of the molecule is CCc1ccc(NCc2ccc(C(=O)O)c(F)c2)cc1. The fourth-order valence-electron chi connectivity index (χ4n) is 1.90. The van der Waals surface area contributed by atoms with Gasteiger partial charge in [-0.25, -0.2) is 9.18 Å². The van der Waals surface area contributed by atoms with Crippen LogP contribution in [0.2, 0.25) is 0 Å². The van der Waals surface area contributed by atoms with Gasteiger partial charge in [-0.2, -0.15) is 0 Å². The molecule has 0 radical (unpaired) electrons. The number of rotatable bonds is 5. The van der Waals surface area contributed by atoms with Crippen molar-refractivity contribution in [2.45, 2.75) is 19.9 Å². The largest absolute Gasteiger partial charge is 0.478 e. The summed E-state index contributed by atoms with van der Waals surface area (Å²) in [5.74, 6) is -1.96. The van der Waals surface area contributed by atoms with Gasteiger partial charge in [0, 0.05) is 12.2 Å². The molecule has 104 valence electrons. The Labute approximate surface area is 117 Å². The number of benzene rings is 2. The summed E-state index contributed by atoms with van der Waals surface area (Å²) in [5.41, 5.74) is 2.60. The fraction of sp³-hybridized carbons (Fsp3) is 0.188. The Balaban J connectivity index is 2.03. The zero-order chi connectivity index (χ0) is 14.5. The van der Waals surface area contributed by atoms with Crippen molar-refractivity contribution < 1.29 is 14.3 Å². The molecule has 0 amide bonds. The lowest BCUT2D eigenvalue weighted by Crippen LogP contribution is -2.04. The second-order valence-electron chi connectivity index (χ2n) is 4.52. The van der Waals surface area contributed by atoms with Gasteiger partial charge in [0.2, 0.25) is 0 Å². The highest BCUT2D eigenvalue weighted by atomic mass is 19.1. The van der Waals surface area contributed by atoms with Crippen LogP contribution < -0.4 is 5.32 Å². The van der Waals surface area contributed by atoms with Gasteiger partial charge in [0.1, 0.15) is 5.82 Å². The smallest absolute Gasteiger partial charge is 0.338 e. The van der Waals surface area contributed by atoms with Crippen molar-refractivity contribution in [2.24, 2.45) is 0 Å². The molecule has 0 aliphatic rings. The number of hydrogen-bond acceptors (Lipinski definition) is 2. The number of halogens is 1. The van der Waals surface area contributed by atoms with E-state index in [1.54, 1.807) is 6.07 Å². The van der Waals surface area contributed by atoms with Gasteiger partial charge in [-0.05, 0) is 41.8 Å². The van der Waals surface area contributed by atoms with E-state index in [9.17, 15) is 9.18 Å². The molecule has 2 N–H and O–H groups in total. The molecule has 0 aliphatic heterocycles. The maximum atomic E-state index is 13.5. The molecule has 0 bridgehead atoms. The van der Waals surface area contributed by atoms with Crippen LogP contribution in [0, 0.1) is 5.82 Å². The highest BCUT2D eigenvalue weighted by Gasteiger charge is 2.10. The van der Waals surface area contributed by atoms with Crippen molar-refractivity contribution in [3.8, 4) is 0 Å². The Morgan fingerprint density at radius 1 is 1.15 bits per heavy atom. The molecule has 4 heteroatoms. The first kappa shape index (κ1) is 14.1. The lowest BCUT2D eigenvalue weighted by atomic mass is 10.1. The van der Waals surface area contributed by atoms with Crippen LogP contribution in [-0.2, 0) is 13.0 Å². The quantitative estimate of drug-likeness (QED) is 0.873. The first-order valence-corrected chi connectivity index (χ1v) is 6.44. The molecule has 0 fully saturated rings. The third-order valence-corrected chi connectivity index (χ3v) is 3.12. The normalized spacial score (nSPS) is 10.3. The van der Waals surface area contributed by atoms with Crippen molar-refractivity contribution >= 4 is 11.7 Å². The van der Waals surface area contributed by atoms with Gasteiger partial charge >= 0.3 is 5.97 Å². The number of aryl methyl sites for hydroxylation is 1. The van der Waals surface area contributed by atoms with Crippen molar-refractivity contribution in [1.82, 2.24) is 0 Å². The minimum absolute atomic E-state index is 0.305. The number of carbonyl (C=O) groups is 1. The zero-order valence-corrected chi connectivity index (χ0v) is 11.2. The van der Waals surface area contributed by atoms with Crippen LogP contribution in [-0.4, -0.2) is 11.1 Å². The van der Waals surface area contributed by atoms with Crippen LogP contribution in [0.25, 0.3) is 0 Å². The number of hydrogen-bond donors (Lipinski definition) is 2. The summed E-state index contributed by atoms with van der Waals surface area (Å²) >= 11 is 0. The van der Waals surface area contributed by atoms with E-state index in [-0.39, 0.29) is 5.56 Å². The van der Waals surface area contributed by atoms with Crippen LogP contribution in [0.5, 0.6) is 0 Å². The van der Waals surface area contributed by atoms with Crippen molar-refractivity contribution in [1.29, 1.82) is 0 Å². The molecule has 2 aromatic rings. The zero-order valence-electron chi connectivity index (χ0n) is 11.2. The summed E-state index contributed by atoms with van der Waals surface area (Å²) in [6, 6.07) is 12.2. The lowest BCUT2D eigenvalue weighted by molar-refractivity contribution is 0.0692. The molecule has 3 nitrogen and oxygen atoms in total. The summed E-state index contributed by atoms with van der Waals surface area (Å²) in [7, 11) is 0. The van der Waals surface area contributed by atoms with E-state index in [4.69, 9.17) is 5.11 Å². The highest BCUT2D eigenvalue weighted by Crippen LogP contribution is 2.14. The molecule has 20 heavy (non-hydrogen) atoms. The van der Waals surface area contributed by atoms with Crippen LogP contribution in [0.1, 0.15) is 28.4 Å². The minimum Gasteiger partial charge on any atom is -0.478 e. The number of carboxylic acid groups (broad SMARTS) is 1. The van der Waals surface area contributed by atoms with E-state index in [0.717, 1.165) is 12.1 Å². The molecule has 0 saturated heterocycles. The van der Waals surface area contributed by atoms with Gasteiger partial charge in [0.05, 0.1) is 5.56 Å². The Hall–Kier alpha value is -2.36. The summed E-state index contributed by atoms with van der Waals surface area (Å²) in [6.07, 6.45) is 0.988. The first-order chi connectivity index (χ1) is 9.60. The van der Waals surface area contributed by atoms with E-state index in [2.05, 4.69) is 12.2 Å². The van der Waals surface area contributed by atoms with Gasteiger partial charge in [0.15, 0.2) is 0 Å². The summed E-state index contributed by atoms with van der Waals surface area (Å²) in [4.78, 5) is 10.7. The van der Waals surface area contributed by atoms with Gasteiger partial charge in [-0.1, -0.05) is 25.1 Å². The van der Waals surface area contributed by atoms with Crippen LogP contribution in [0.15, 0.2) is 42.5 Å². The Morgan fingerprint density at radius 2 is 1.80 bits per heavy atom. The average molecular weight is 273 g/mol. The van der Waals surface area contributed by atoms with E-state index in [1.165, 1.54) is 17.7 Å². The van der Waals surface area contributed by atoms with Crippen molar-refractivity contribution in [3.05, 3.63) is 65.0 Å². The second-order valence-corrected chi connectivity index (χ2v) is 4.52. The Morgan fingerprint density at radius 3 is 2.35 bits per heavy atom. The molecule has 2 rings (SSSR count). The summed E-state index contributed by atoms with van der Waals surface area (Å²) in [6.45, 7) is 2.54. The predicted molar refractivity (Wildman–Crippen MR) is 76.5 cm³/mol. The molecule has 0 aliphatic carbocycles. The topological polar surface area (TPSA) is 49.3 Å². The molecular formula is C16H16FNO2. The van der Waals surface area contributed by atoms with Crippen molar-refractivity contribution in [2.75, 3.05) is 5.32 Å². The first-order valence-electron chi connectivity index (χ1n) is 6.44. The van der Waals surface area contributed by atoms with Gasteiger partial charge < -0.3 is 10.4 Å². The second kappa shape index (κ2) is 6.19. The molecule has 2 aromatic carbocycles. The molecule has 0 atom stereocenters. The molecule has 0 saturated carbocycles. The van der Waals surface area contributed by atoms with Crippen molar-refractivity contribution in [3.63, 3.8) is 0 Å². The number of nitrogens with one attached hydrogen (secondary N) is 1. The van der Waals surface area contributed by atoms with Crippen LogP contribution in [0.3, 0.4) is 0 Å². The van der Waals surface area contributed by atoms with Gasteiger partial charge in [-0.3, -0.25) is 0 Å². The third-order valence-electron chi connectivity index (χ3n) is 3.12. The fourth-order valence-corrected chi connectivity index (χ4v) is 1.90. The molecule has 0 aromatic heterocycles. The summed E-state index contributed by atoms with van der Waals surface area (Å²) < 4.78 is 13.5. The molecule has 0 heterocycles. The number of anilines is 1. The van der Waals surface area contributed by atoms with Crippen LogP contribution >= 0.6 is 0 Å². The van der Waals surface area contributed by atoms with E-state index in [0.29, 0.717) is 12.1 Å². The average Bonchev–Trinajstić information content (AvgIpc) is 2.45. The molecule has 0 spiro atoms. The summed E-state index contributed by atoms with van der Waals surface area (Å²) in [5, 5.41) is 11.9. The lowest BCUT2D eigenvalue weighted by Gasteiger charge is -2.08. The minimum atomic E-state index is -1.25. The Bertz CT molecular complexity index is 608. The predicted octanol–water partition coefficient (Wildman–Crippen LogP) is 3.70. The van der Waals surface area contributed by atoms with Gasteiger partial charge in [-0.15, -0.1) is 0 Å². The number of carboxylic acids is 1. The van der Waals surface area contributed by atoms with E-state index < -0.39 is 11.8 Å². The molecular weight excluding hydrogens is 257 g/mol. The van der Waals surface area contributed by atoms with Crippen LogP contribution in [0.4, 0.5) is 10.1 Å². The number of aromatic carboxylic acids is 1. The Kier molecular flexibility index (Phi) is 4.35. The van der Waals surface area contributed by atoms with E-state index >= 15 is 0 Å². The highest BCUT2D eigenvalue weighted by molar-refractivity contribution is 5.87. The van der Waals surface area contributed by atoms with E-state index in [1.807, 2.05) is 24.3 Å².